The van der Waals surface area contributed by atoms with Gasteiger partial charge in [0.2, 0.25) is 5.28 Å². The summed E-state index contributed by atoms with van der Waals surface area (Å²) in [6, 6.07) is 3.30. The zero-order valence-electron chi connectivity index (χ0n) is 8.14. The Hall–Kier alpha value is -1.36. The van der Waals surface area contributed by atoms with Crippen LogP contribution in [0.25, 0.3) is 10.9 Å². The highest BCUT2D eigenvalue weighted by atomic mass is 35.5. The smallest absolute Gasteiger partial charge is 0.223 e. The van der Waals surface area contributed by atoms with Gasteiger partial charge in [0.05, 0.1) is 16.8 Å². The molecule has 0 unspecified atom stereocenters. The van der Waals surface area contributed by atoms with Crippen molar-refractivity contribution in [3.8, 4) is 0 Å². The number of rotatable bonds is 0. The molecular formula is C10H6ClF3N2. The van der Waals surface area contributed by atoms with Gasteiger partial charge in [0.15, 0.2) is 0 Å². The van der Waals surface area contributed by atoms with Crippen LogP contribution in [0, 0.1) is 6.92 Å². The summed E-state index contributed by atoms with van der Waals surface area (Å²) in [4.78, 5) is 7.66. The van der Waals surface area contributed by atoms with Crippen LogP contribution in [-0.2, 0) is 6.18 Å². The van der Waals surface area contributed by atoms with E-state index in [1.165, 1.54) is 6.07 Å². The summed E-state index contributed by atoms with van der Waals surface area (Å²) < 4.78 is 37.4. The standard InChI is InChI=1S/C10H6ClF3N2/c1-5-7-4-6(10(12,13)14)2-3-8(7)16-9(11)15-5/h2-4H,1H3. The second-order valence-electron chi connectivity index (χ2n) is 3.31. The van der Waals surface area contributed by atoms with Gasteiger partial charge in [0.25, 0.3) is 0 Å². The lowest BCUT2D eigenvalue weighted by Crippen LogP contribution is -2.05. The number of alkyl halides is 3. The van der Waals surface area contributed by atoms with E-state index < -0.39 is 11.7 Å². The molecule has 0 saturated carbocycles. The Morgan fingerprint density at radius 2 is 1.88 bits per heavy atom. The molecule has 2 rings (SSSR count). The molecule has 0 spiro atoms. The second-order valence-corrected chi connectivity index (χ2v) is 3.65. The largest absolute Gasteiger partial charge is 0.416 e. The van der Waals surface area contributed by atoms with Crippen molar-refractivity contribution >= 4 is 22.5 Å². The fraction of sp³-hybridized carbons (Fsp3) is 0.200. The molecule has 0 amide bonds. The number of benzene rings is 1. The Morgan fingerprint density at radius 1 is 1.19 bits per heavy atom. The minimum atomic E-state index is -4.36. The van der Waals surface area contributed by atoms with Crippen LogP contribution in [0.2, 0.25) is 5.28 Å². The lowest BCUT2D eigenvalue weighted by atomic mass is 10.1. The van der Waals surface area contributed by atoms with E-state index in [0.29, 0.717) is 16.6 Å². The Bertz CT molecular complexity index is 551. The van der Waals surface area contributed by atoms with Crippen LogP contribution in [-0.4, -0.2) is 9.97 Å². The first-order valence-corrected chi connectivity index (χ1v) is 4.77. The summed E-state index contributed by atoms with van der Waals surface area (Å²) in [5.41, 5.74) is 0.126. The number of fused-ring (bicyclic) bond motifs is 1. The quantitative estimate of drug-likeness (QED) is 0.664. The maximum absolute atomic E-state index is 12.5. The minimum absolute atomic E-state index is 0.0322. The molecule has 1 aromatic heterocycles. The Labute approximate surface area is 94.1 Å². The zero-order chi connectivity index (χ0) is 11.9. The van der Waals surface area contributed by atoms with Crippen molar-refractivity contribution in [2.45, 2.75) is 13.1 Å². The molecule has 0 N–H and O–H groups in total. The number of halogens is 4. The Balaban J connectivity index is 2.72. The molecule has 84 valence electrons. The molecule has 16 heavy (non-hydrogen) atoms. The maximum Gasteiger partial charge on any atom is 0.416 e. The van der Waals surface area contributed by atoms with Gasteiger partial charge in [0.1, 0.15) is 0 Å². The van der Waals surface area contributed by atoms with Crippen molar-refractivity contribution in [2.24, 2.45) is 0 Å². The molecule has 0 atom stereocenters. The van der Waals surface area contributed by atoms with Crippen LogP contribution >= 0.6 is 11.6 Å². The van der Waals surface area contributed by atoms with Crippen LogP contribution in [0.5, 0.6) is 0 Å². The van der Waals surface area contributed by atoms with Gasteiger partial charge < -0.3 is 0 Å². The molecule has 2 nitrogen and oxygen atoms in total. The predicted octanol–water partition coefficient (Wildman–Crippen LogP) is 3.61. The summed E-state index contributed by atoms with van der Waals surface area (Å²) in [7, 11) is 0. The third-order valence-corrected chi connectivity index (χ3v) is 2.36. The van der Waals surface area contributed by atoms with Crippen LogP contribution in [0.4, 0.5) is 13.2 Å². The molecule has 1 heterocycles. The second kappa shape index (κ2) is 3.59. The highest BCUT2D eigenvalue weighted by Gasteiger charge is 2.30. The zero-order valence-corrected chi connectivity index (χ0v) is 8.89. The van der Waals surface area contributed by atoms with Gasteiger partial charge in [-0.1, -0.05) is 0 Å². The van der Waals surface area contributed by atoms with E-state index in [1.54, 1.807) is 6.92 Å². The van der Waals surface area contributed by atoms with Gasteiger partial charge >= 0.3 is 6.18 Å². The highest BCUT2D eigenvalue weighted by molar-refractivity contribution is 6.28. The van der Waals surface area contributed by atoms with Crippen LogP contribution in [0.3, 0.4) is 0 Å². The van der Waals surface area contributed by atoms with Gasteiger partial charge in [0, 0.05) is 5.39 Å². The first-order chi connectivity index (χ1) is 7.38. The normalized spacial score (nSPS) is 12.1. The fourth-order valence-corrected chi connectivity index (χ4v) is 1.64. The predicted molar refractivity (Wildman–Crippen MR) is 54.3 cm³/mol. The summed E-state index contributed by atoms with van der Waals surface area (Å²) in [6.45, 7) is 1.59. The number of hydrogen-bond acceptors (Lipinski definition) is 2. The monoisotopic (exact) mass is 246 g/mol. The van der Waals surface area contributed by atoms with E-state index in [2.05, 4.69) is 9.97 Å². The Kier molecular flexibility index (Phi) is 2.50. The average molecular weight is 247 g/mol. The van der Waals surface area contributed by atoms with Crippen molar-refractivity contribution in [1.82, 2.24) is 9.97 Å². The highest BCUT2D eigenvalue weighted by Crippen LogP contribution is 2.31. The van der Waals surface area contributed by atoms with Crippen molar-refractivity contribution in [3.63, 3.8) is 0 Å². The van der Waals surface area contributed by atoms with Gasteiger partial charge in [-0.3, -0.25) is 0 Å². The van der Waals surface area contributed by atoms with E-state index in [1.807, 2.05) is 0 Å². The van der Waals surface area contributed by atoms with Crippen LogP contribution in [0.15, 0.2) is 18.2 Å². The molecule has 0 fully saturated rings. The summed E-state index contributed by atoms with van der Waals surface area (Å²) in [5.74, 6) is 0. The molecule has 0 saturated heterocycles. The first-order valence-electron chi connectivity index (χ1n) is 4.39. The maximum atomic E-state index is 12.5. The van der Waals surface area contributed by atoms with Crippen molar-refractivity contribution in [2.75, 3.05) is 0 Å². The number of hydrogen-bond donors (Lipinski definition) is 0. The molecule has 0 aliphatic rings. The molecular weight excluding hydrogens is 241 g/mol. The molecule has 6 heteroatoms. The lowest BCUT2D eigenvalue weighted by Gasteiger charge is -2.08. The van der Waals surface area contributed by atoms with E-state index in [4.69, 9.17) is 11.6 Å². The molecule has 0 radical (unpaired) electrons. The molecule has 0 bridgehead atoms. The van der Waals surface area contributed by atoms with Crippen LogP contribution < -0.4 is 0 Å². The number of aryl methyl sites for hydroxylation is 1. The average Bonchev–Trinajstić information content (AvgIpc) is 2.15. The third kappa shape index (κ3) is 1.95. The van der Waals surface area contributed by atoms with Crippen LogP contribution in [0.1, 0.15) is 11.3 Å². The lowest BCUT2D eigenvalue weighted by molar-refractivity contribution is -0.137. The molecule has 0 aliphatic carbocycles. The molecule has 1 aromatic carbocycles. The topological polar surface area (TPSA) is 25.8 Å². The summed E-state index contributed by atoms with van der Waals surface area (Å²) in [6.07, 6.45) is -4.36. The fourth-order valence-electron chi connectivity index (χ4n) is 1.42. The van der Waals surface area contributed by atoms with E-state index >= 15 is 0 Å². The van der Waals surface area contributed by atoms with E-state index in [-0.39, 0.29) is 5.28 Å². The molecule has 2 aromatic rings. The number of nitrogens with zero attached hydrogens (tertiary/aromatic N) is 2. The van der Waals surface area contributed by atoms with Crippen molar-refractivity contribution < 1.29 is 13.2 Å². The third-order valence-electron chi connectivity index (χ3n) is 2.19. The van der Waals surface area contributed by atoms with Crippen molar-refractivity contribution in [1.29, 1.82) is 0 Å². The van der Waals surface area contributed by atoms with E-state index in [9.17, 15) is 13.2 Å². The first kappa shape index (κ1) is 11.1. The minimum Gasteiger partial charge on any atom is -0.223 e. The van der Waals surface area contributed by atoms with Gasteiger partial charge in [-0.2, -0.15) is 13.2 Å². The summed E-state index contributed by atoms with van der Waals surface area (Å²) >= 11 is 5.61. The van der Waals surface area contributed by atoms with E-state index in [0.717, 1.165) is 12.1 Å². The van der Waals surface area contributed by atoms with Crippen molar-refractivity contribution in [3.05, 3.63) is 34.7 Å². The van der Waals surface area contributed by atoms with Gasteiger partial charge in [-0.05, 0) is 36.7 Å². The Morgan fingerprint density at radius 3 is 2.50 bits per heavy atom. The number of aromatic nitrogens is 2. The molecule has 0 aliphatic heterocycles. The summed E-state index contributed by atoms with van der Waals surface area (Å²) in [5, 5.41) is 0.393. The van der Waals surface area contributed by atoms with Gasteiger partial charge in [-0.25, -0.2) is 9.97 Å². The SMILES string of the molecule is Cc1nc(Cl)nc2ccc(C(F)(F)F)cc12. The van der Waals surface area contributed by atoms with Gasteiger partial charge in [-0.15, -0.1) is 0 Å².